The Morgan fingerprint density at radius 3 is 2.56 bits per heavy atom. The van der Waals surface area contributed by atoms with Gasteiger partial charge < -0.3 is 11.0 Å². The monoisotopic (exact) mass is 314 g/mol. The fourth-order valence-corrected chi connectivity index (χ4v) is 2.12. The van der Waals surface area contributed by atoms with Gasteiger partial charge in [0.15, 0.2) is 0 Å². The van der Waals surface area contributed by atoms with E-state index in [1.807, 2.05) is 17.7 Å². The van der Waals surface area contributed by atoms with Crippen molar-refractivity contribution >= 4 is 23.9 Å². The molecule has 0 amide bonds. The number of aromatic nitrogens is 1. The molecule has 0 aliphatic carbocycles. The third kappa shape index (κ3) is 2.78. The Labute approximate surface area is 134 Å². The van der Waals surface area contributed by atoms with Crippen LogP contribution in [0.1, 0.15) is 19.4 Å². The van der Waals surface area contributed by atoms with Crippen molar-refractivity contribution in [1.82, 2.24) is 4.57 Å². The zero-order valence-corrected chi connectivity index (χ0v) is 14.3. The van der Waals surface area contributed by atoms with Crippen LogP contribution < -0.4 is 10.7 Å². The Bertz CT molecular complexity index is 639. The Morgan fingerprint density at radius 2 is 1.94 bits per heavy atom. The fraction of sp³-hybridized carbons (Fsp3) is 0.312. The van der Waals surface area contributed by atoms with E-state index >= 15 is 0 Å². The van der Waals surface area contributed by atoms with E-state index in [1.54, 1.807) is 0 Å². The Hall–Kier alpha value is -0.396. The molecule has 1 nitrogen and oxygen atoms in total. The van der Waals surface area contributed by atoms with E-state index < -0.39 is 0 Å². The largest absolute Gasteiger partial charge is 0.357 e. The first-order valence-corrected chi connectivity index (χ1v) is 6.01. The molecule has 0 spiro atoms. The number of hydrogen-bond acceptors (Lipinski definition) is 0. The summed E-state index contributed by atoms with van der Waals surface area (Å²) in [5.74, 6) is 0.583. The second kappa shape index (κ2) is 6.17. The maximum Gasteiger partial charge on any atom is 0.0161 e. The molecule has 0 fully saturated rings. The molecule has 93 valence electrons. The van der Waals surface area contributed by atoms with Crippen LogP contribution >= 0.6 is 0 Å². The van der Waals surface area contributed by atoms with Crippen LogP contribution in [0.2, 0.25) is 0 Å². The minimum Gasteiger partial charge on any atom is -0.357 e. The summed E-state index contributed by atoms with van der Waals surface area (Å²) >= 11 is 0. The van der Waals surface area contributed by atoms with Crippen molar-refractivity contribution in [1.29, 1.82) is 0 Å². The van der Waals surface area contributed by atoms with Crippen LogP contribution in [-0.4, -0.2) is 4.57 Å². The molecule has 1 atom stereocenters. The molecule has 0 aliphatic rings. The molecule has 1 unspecified atom stereocenters. The van der Waals surface area contributed by atoms with Gasteiger partial charge in [-0.3, -0.25) is 0 Å². The Kier molecular flexibility index (Phi) is 5.37. The minimum absolute atomic E-state index is 0. The molecule has 1 heterocycles. The summed E-state index contributed by atoms with van der Waals surface area (Å²) < 4.78 is 2.04. The molecule has 0 bridgehead atoms. The predicted molar refractivity (Wildman–Crippen MR) is 74.9 cm³/mol. The summed E-state index contributed by atoms with van der Waals surface area (Å²) in [5, 5.41) is 4.42. The van der Waals surface area contributed by atoms with Gasteiger partial charge in [0.05, 0.1) is 0 Å². The molecule has 0 N–H and O–H groups in total. The van der Waals surface area contributed by atoms with E-state index in [0.717, 1.165) is 22.5 Å². The van der Waals surface area contributed by atoms with Crippen LogP contribution in [0, 0.1) is 18.4 Å². The molecular weight excluding hydrogens is 295 g/mol. The quantitative estimate of drug-likeness (QED) is 0.766. The van der Waals surface area contributed by atoms with Crippen molar-refractivity contribution in [2.24, 2.45) is 13.0 Å². The molecule has 1 aromatic heterocycles. The van der Waals surface area contributed by atoms with Gasteiger partial charge in [0.2, 0.25) is 0 Å². The topological polar surface area (TPSA) is 4.93 Å². The maximum atomic E-state index is 4.11. The van der Waals surface area contributed by atoms with Crippen LogP contribution in [0.4, 0.5) is 0 Å². The summed E-state index contributed by atoms with van der Waals surface area (Å²) in [5.41, 5.74) is 1.25. The van der Waals surface area contributed by atoms with E-state index in [1.165, 1.54) is 10.9 Å². The number of fused-ring (bicyclic) bond motifs is 1. The molecule has 0 saturated heterocycles. The van der Waals surface area contributed by atoms with Crippen LogP contribution in [0.15, 0.2) is 12.1 Å². The van der Waals surface area contributed by atoms with Gasteiger partial charge in [0.1, 0.15) is 0 Å². The summed E-state index contributed by atoms with van der Waals surface area (Å²) in [6.07, 6.45) is 3.26. The Morgan fingerprint density at radius 1 is 1.33 bits per heavy atom. The molecule has 2 rings (SSSR count). The van der Waals surface area contributed by atoms with Gasteiger partial charge in [-0.25, -0.2) is 0 Å². The van der Waals surface area contributed by atoms with Gasteiger partial charge in [0.25, 0.3) is 0 Å². The second-order valence-electron chi connectivity index (χ2n) is 4.75. The van der Waals surface area contributed by atoms with Crippen molar-refractivity contribution in [2.45, 2.75) is 20.3 Å². The maximum absolute atomic E-state index is 4.11. The average molecular weight is 314 g/mol. The first kappa shape index (κ1) is 15.7. The smallest absolute Gasteiger partial charge is 0.0161 e. The number of nitrogens with zero attached hydrogens (tertiary/aromatic N) is 1. The average Bonchev–Trinajstić information content (AvgIpc) is 2.54. The number of hydrogen-bond donors (Lipinski definition) is 0. The SMILES string of the molecule is C=c1c2c[c-]c(CC(C)[CH-]C)cc2c(=C)n1C.[Y]. The van der Waals surface area contributed by atoms with Crippen LogP contribution in [0.3, 0.4) is 0 Å². The fourth-order valence-electron chi connectivity index (χ4n) is 2.12. The van der Waals surface area contributed by atoms with Gasteiger partial charge in [-0.05, 0) is 5.35 Å². The normalized spacial score (nSPS) is 12.4. The van der Waals surface area contributed by atoms with Gasteiger partial charge >= 0.3 is 0 Å². The summed E-state index contributed by atoms with van der Waals surface area (Å²) in [7, 11) is 2.01. The number of benzene rings is 1. The van der Waals surface area contributed by atoms with Gasteiger partial charge in [-0.1, -0.05) is 26.5 Å². The van der Waals surface area contributed by atoms with E-state index in [2.05, 4.69) is 45.6 Å². The van der Waals surface area contributed by atoms with E-state index in [9.17, 15) is 0 Å². The molecular formula is C16H19NY-2. The molecule has 1 radical (unpaired) electrons. The zero-order valence-electron chi connectivity index (χ0n) is 11.5. The predicted octanol–water partition coefficient (Wildman–Crippen LogP) is 2.20. The van der Waals surface area contributed by atoms with Crippen LogP contribution in [-0.2, 0) is 46.2 Å². The van der Waals surface area contributed by atoms with Gasteiger partial charge in [-0.2, -0.15) is 36.6 Å². The van der Waals surface area contributed by atoms with E-state index in [4.69, 9.17) is 0 Å². The number of rotatable bonds is 3. The molecule has 0 saturated carbocycles. The first-order chi connectivity index (χ1) is 8.04. The standard InChI is InChI=1S/C16H19N.Y/c1-6-11(2)9-14-7-8-15-12(3)17(5)13(4)16(15)10-14;/h6,8,10-11H,3-4,9H2,1-2,5H3;/q-2;. The van der Waals surface area contributed by atoms with Gasteiger partial charge in [-0.15, -0.1) is 10.8 Å². The molecule has 2 aromatic rings. The Balaban J connectivity index is 0.00000162. The van der Waals surface area contributed by atoms with Crippen molar-refractivity contribution in [3.63, 3.8) is 0 Å². The van der Waals surface area contributed by atoms with Crippen molar-refractivity contribution < 1.29 is 32.7 Å². The zero-order chi connectivity index (χ0) is 12.6. The van der Waals surface area contributed by atoms with Crippen LogP contribution in [0.25, 0.3) is 23.9 Å². The first-order valence-electron chi connectivity index (χ1n) is 6.01. The van der Waals surface area contributed by atoms with Gasteiger partial charge in [0, 0.05) is 45.1 Å². The third-order valence-corrected chi connectivity index (χ3v) is 3.55. The molecule has 2 heteroatoms. The van der Waals surface area contributed by atoms with Crippen LogP contribution in [0.5, 0.6) is 0 Å². The molecule has 18 heavy (non-hydrogen) atoms. The summed E-state index contributed by atoms with van der Waals surface area (Å²) in [4.78, 5) is 0. The summed E-state index contributed by atoms with van der Waals surface area (Å²) in [6.45, 7) is 12.5. The van der Waals surface area contributed by atoms with E-state index in [0.29, 0.717) is 5.92 Å². The minimum atomic E-state index is 0. The van der Waals surface area contributed by atoms with Crippen molar-refractivity contribution in [3.8, 4) is 0 Å². The molecule has 0 aliphatic heterocycles. The second-order valence-corrected chi connectivity index (χ2v) is 4.75. The van der Waals surface area contributed by atoms with E-state index in [-0.39, 0.29) is 32.7 Å². The molecule has 1 aromatic carbocycles. The van der Waals surface area contributed by atoms with Crippen molar-refractivity contribution in [2.75, 3.05) is 0 Å². The van der Waals surface area contributed by atoms with Crippen molar-refractivity contribution in [3.05, 3.63) is 40.9 Å². The summed E-state index contributed by atoms with van der Waals surface area (Å²) in [6, 6.07) is 7.60. The third-order valence-electron chi connectivity index (χ3n) is 3.55.